The van der Waals surface area contributed by atoms with Crippen molar-refractivity contribution in [2.75, 3.05) is 13.1 Å². The topological polar surface area (TPSA) is 49.4 Å². The van der Waals surface area contributed by atoms with E-state index in [0.29, 0.717) is 6.42 Å². The number of hydrogen-bond acceptors (Lipinski definition) is 3. The molecule has 4 heteroatoms. The molecule has 0 unspecified atom stereocenters. The van der Waals surface area contributed by atoms with Crippen LogP contribution in [0.2, 0.25) is 0 Å². The van der Waals surface area contributed by atoms with Crippen LogP contribution < -0.4 is 5.32 Å². The van der Waals surface area contributed by atoms with Crippen molar-refractivity contribution >= 4 is 11.8 Å². The Balaban J connectivity index is 1.85. The molecule has 0 bridgehead atoms. The maximum absolute atomic E-state index is 12.0. The molecule has 3 aliphatic rings. The monoisotopic (exact) mass is 194 g/mol. The first-order valence-corrected chi connectivity index (χ1v) is 5.30. The summed E-state index contributed by atoms with van der Waals surface area (Å²) < 4.78 is 0. The highest BCUT2D eigenvalue weighted by Gasteiger charge is 2.56. The zero-order chi connectivity index (χ0) is 9.76. The van der Waals surface area contributed by atoms with E-state index in [1.165, 1.54) is 4.90 Å². The number of hydrogen-bond donors (Lipinski definition) is 1. The smallest absolute Gasteiger partial charge is 0.236 e. The highest BCUT2D eigenvalue weighted by atomic mass is 16.2. The summed E-state index contributed by atoms with van der Waals surface area (Å²) in [7, 11) is 0. The Bertz CT molecular complexity index is 305. The Morgan fingerprint density at radius 2 is 2.00 bits per heavy atom. The number of rotatable bonds is 1. The third-order valence-corrected chi connectivity index (χ3v) is 3.87. The fraction of sp³-hybridized carbons (Fsp3) is 0.800. The third kappa shape index (κ3) is 0.869. The van der Waals surface area contributed by atoms with Gasteiger partial charge in [0.05, 0.1) is 11.5 Å². The molecule has 4 nitrogen and oxygen atoms in total. The number of carbonyl (C=O) groups excluding carboxylic acids is 2. The summed E-state index contributed by atoms with van der Waals surface area (Å²) in [6, 6.07) is 0.148. The molecule has 0 aromatic heterocycles. The third-order valence-electron chi connectivity index (χ3n) is 3.87. The number of imide groups is 1. The standard InChI is InChI=1S/C10H14N2O2/c13-8-4-10(2-1-3-10)9(14)12(8)7-5-11-6-7/h7,11H,1-6H2. The van der Waals surface area contributed by atoms with E-state index in [0.717, 1.165) is 32.4 Å². The van der Waals surface area contributed by atoms with Crippen LogP contribution in [-0.2, 0) is 9.59 Å². The number of nitrogens with zero attached hydrogens (tertiary/aromatic N) is 1. The molecule has 3 rings (SSSR count). The molecule has 0 atom stereocenters. The average molecular weight is 194 g/mol. The molecular formula is C10H14N2O2. The average Bonchev–Trinajstić information content (AvgIpc) is 2.24. The summed E-state index contributed by atoms with van der Waals surface area (Å²) in [5, 5.41) is 3.10. The number of likely N-dealkylation sites (tertiary alicyclic amines) is 1. The highest BCUT2D eigenvalue weighted by molar-refractivity contribution is 6.06. The molecule has 1 saturated carbocycles. The lowest BCUT2D eigenvalue weighted by molar-refractivity contribution is -0.147. The van der Waals surface area contributed by atoms with E-state index in [9.17, 15) is 9.59 Å². The quantitative estimate of drug-likeness (QED) is 0.592. The van der Waals surface area contributed by atoms with Crippen molar-refractivity contribution in [2.24, 2.45) is 5.41 Å². The van der Waals surface area contributed by atoms with E-state index >= 15 is 0 Å². The normalized spacial score (nSPS) is 30.7. The molecule has 2 heterocycles. The molecule has 2 amide bonds. The summed E-state index contributed by atoms with van der Waals surface area (Å²) in [6.45, 7) is 1.57. The first kappa shape index (κ1) is 8.41. The van der Waals surface area contributed by atoms with Gasteiger partial charge in [-0.3, -0.25) is 14.5 Å². The molecule has 1 N–H and O–H groups in total. The molecule has 0 radical (unpaired) electrons. The fourth-order valence-electron chi connectivity index (χ4n) is 2.64. The molecule has 2 saturated heterocycles. The van der Waals surface area contributed by atoms with Crippen molar-refractivity contribution < 1.29 is 9.59 Å². The van der Waals surface area contributed by atoms with Crippen LogP contribution in [0, 0.1) is 5.41 Å². The van der Waals surface area contributed by atoms with Crippen LogP contribution in [0.5, 0.6) is 0 Å². The van der Waals surface area contributed by atoms with E-state index < -0.39 is 0 Å². The number of carbonyl (C=O) groups is 2. The van der Waals surface area contributed by atoms with Crippen molar-refractivity contribution in [3.63, 3.8) is 0 Å². The van der Waals surface area contributed by atoms with Crippen molar-refractivity contribution in [1.82, 2.24) is 10.2 Å². The van der Waals surface area contributed by atoms with Crippen LogP contribution in [0.15, 0.2) is 0 Å². The summed E-state index contributed by atoms with van der Waals surface area (Å²) in [6.07, 6.45) is 3.43. The zero-order valence-electron chi connectivity index (χ0n) is 8.08. The van der Waals surface area contributed by atoms with Gasteiger partial charge in [0, 0.05) is 19.5 Å². The van der Waals surface area contributed by atoms with Crippen LogP contribution in [0.3, 0.4) is 0 Å². The first-order valence-electron chi connectivity index (χ1n) is 5.30. The summed E-state index contributed by atoms with van der Waals surface area (Å²) >= 11 is 0. The largest absolute Gasteiger partial charge is 0.313 e. The SMILES string of the molecule is O=C1CC2(CCC2)C(=O)N1C1CNC1. The van der Waals surface area contributed by atoms with Gasteiger partial charge in [0.15, 0.2) is 0 Å². The van der Waals surface area contributed by atoms with Gasteiger partial charge >= 0.3 is 0 Å². The van der Waals surface area contributed by atoms with Gasteiger partial charge in [-0.2, -0.15) is 0 Å². The minimum absolute atomic E-state index is 0.0567. The second-order valence-electron chi connectivity index (χ2n) is 4.69. The maximum atomic E-state index is 12.0. The number of nitrogens with one attached hydrogen (secondary N) is 1. The van der Waals surface area contributed by atoms with Crippen molar-refractivity contribution in [3.8, 4) is 0 Å². The van der Waals surface area contributed by atoms with Crippen LogP contribution in [-0.4, -0.2) is 35.8 Å². The van der Waals surface area contributed by atoms with Crippen molar-refractivity contribution in [1.29, 1.82) is 0 Å². The minimum Gasteiger partial charge on any atom is -0.313 e. The van der Waals surface area contributed by atoms with Gasteiger partial charge in [-0.05, 0) is 12.8 Å². The zero-order valence-corrected chi connectivity index (χ0v) is 8.08. The molecule has 76 valence electrons. The van der Waals surface area contributed by atoms with E-state index in [2.05, 4.69) is 5.32 Å². The molecule has 2 aliphatic heterocycles. The van der Waals surface area contributed by atoms with Crippen molar-refractivity contribution in [3.05, 3.63) is 0 Å². The van der Waals surface area contributed by atoms with Gasteiger partial charge in [0.1, 0.15) is 0 Å². The van der Waals surface area contributed by atoms with E-state index in [1.54, 1.807) is 0 Å². The van der Waals surface area contributed by atoms with E-state index in [-0.39, 0.29) is 23.3 Å². The first-order chi connectivity index (χ1) is 6.73. The minimum atomic E-state index is -0.257. The lowest BCUT2D eigenvalue weighted by Gasteiger charge is -2.38. The lowest BCUT2D eigenvalue weighted by atomic mass is 9.68. The van der Waals surface area contributed by atoms with Crippen LogP contribution in [0.25, 0.3) is 0 Å². The highest BCUT2D eigenvalue weighted by Crippen LogP contribution is 2.50. The molecule has 3 fully saturated rings. The molecule has 1 aliphatic carbocycles. The van der Waals surface area contributed by atoms with E-state index in [1.807, 2.05) is 0 Å². The Morgan fingerprint density at radius 1 is 1.29 bits per heavy atom. The van der Waals surface area contributed by atoms with Crippen LogP contribution in [0.4, 0.5) is 0 Å². The Labute approximate surface area is 82.6 Å². The van der Waals surface area contributed by atoms with Crippen molar-refractivity contribution in [2.45, 2.75) is 31.7 Å². The lowest BCUT2D eigenvalue weighted by Crippen LogP contribution is -2.59. The predicted octanol–water partition coefficient (Wildman–Crippen LogP) is -0.113. The second-order valence-corrected chi connectivity index (χ2v) is 4.69. The van der Waals surface area contributed by atoms with Gasteiger partial charge in [0.2, 0.25) is 11.8 Å². The van der Waals surface area contributed by atoms with Gasteiger partial charge in [-0.15, -0.1) is 0 Å². The van der Waals surface area contributed by atoms with Crippen LogP contribution in [0.1, 0.15) is 25.7 Å². The molecule has 14 heavy (non-hydrogen) atoms. The molecule has 0 aromatic carbocycles. The molecule has 1 spiro atoms. The van der Waals surface area contributed by atoms with Gasteiger partial charge < -0.3 is 5.32 Å². The summed E-state index contributed by atoms with van der Waals surface area (Å²) in [5.74, 6) is 0.168. The van der Waals surface area contributed by atoms with E-state index in [4.69, 9.17) is 0 Å². The summed E-state index contributed by atoms with van der Waals surface area (Å²) in [5.41, 5.74) is -0.257. The number of amides is 2. The predicted molar refractivity (Wildman–Crippen MR) is 49.4 cm³/mol. The second kappa shape index (κ2) is 2.57. The van der Waals surface area contributed by atoms with Gasteiger partial charge in [0.25, 0.3) is 0 Å². The Hall–Kier alpha value is -0.900. The van der Waals surface area contributed by atoms with Crippen LogP contribution >= 0.6 is 0 Å². The Morgan fingerprint density at radius 3 is 2.36 bits per heavy atom. The Kier molecular flexibility index (Phi) is 1.54. The maximum Gasteiger partial charge on any atom is 0.236 e. The molecule has 0 aromatic rings. The van der Waals surface area contributed by atoms with Gasteiger partial charge in [-0.1, -0.05) is 6.42 Å². The van der Waals surface area contributed by atoms with Gasteiger partial charge in [-0.25, -0.2) is 0 Å². The fourth-order valence-corrected chi connectivity index (χ4v) is 2.64. The summed E-state index contributed by atoms with van der Waals surface area (Å²) in [4.78, 5) is 25.3. The molecular weight excluding hydrogens is 180 g/mol.